The molecule has 150 valence electrons. The molecule has 0 saturated heterocycles. The van der Waals surface area contributed by atoms with Crippen molar-refractivity contribution in [3.05, 3.63) is 0 Å². The zero-order chi connectivity index (χ0) is 19.9. The van der Waals surface area contributed by atoms with Gasteiger partial charge in [-0.25, -0.2) is 4.79 Å². The molecule has 1 rings (SSSR count). The van der Waals surface area contributed by atoms with Crippen LogP contribution in [-0.2, 0) is 19.1 Å². The predicted molar refractivity (Wildman–Crippen MR) is 101 cm³/mol. The molecule has 0 aromatic heterocycles. The van der Waals surface area contributed by atoms with E-state index in [1.165, 1.54) is 7.11 Å². The molecule has 0 spiro atoms. The summed E-state index contributed by atoms with van der Waals surface area (Å²) in [5.74, 6) is -0.327. The minimum atomic E-state index is -0.717. The van der Waals surface area contributed by atoms with E-state index in [4.69, 9.17) is 4.74 Å². The first-order valence-electron chi connectivity index (χ1n) is 9.89. The van der Waals surface area contributed by atoms with Crippen molar-refractivity contribution in [3.8, 4) is 0 Å². The van der Waals surface area contributed by atoms with Gasteiger partial charge < -0.3 is 15.4 Å². The molecule has 6 nitrogen and oxygen atoms in total. The Labute approximate surface area is 157 Å². The SMILES string of the molecule is CCC1CCC(C(=O)N[C@@H](C(=O)N[C@@H](C(=O)OC)C(C)C)C(C)C)CC1. The Balaban J connectivity index is 2.71. The van der Waals surface area contributed by atoms with Crippen LogP contribution in [0.3, 0.4) is 0 Å². The van der Waals surface area contributed by atoms with Crippen LogP contribution in [0, 0.1) is 23.7 Å². The topological polar surface area (TPSA) is 84.5 Å². The second-order valence-corrected chi connectivity index (χ2v) is 8.11. The van der Waals surface area contributed by atoms with E-state index in [1.54, 1.807) is 0 Å². The van der Waals surface area contributed by atoms with Gasteiger partial charge >= 0.3 is 5.97 Å². The van der Waals surface area contributed by atoms with Crippen molar-refractivity contribution in [1.29, 1.82) is 0 Å². The normalized spacial score (nSPS) is 22.6. The molecule has 1 aliphatic carbocycles. The van der Waals surface area contributed by atoms with Crippen molar-refractivity contribution in [3.63, 3.8) is 0 Å². The largest absolute Gasteiger partial charge is 0.467 e. The predicted octanol–water partition coefficient (Wildman–Crippen LogP) is 2.66. The maximum Gasteiger partial charge on any atom is 0.328 e. The molecular formula is C20H36N2O4. The Morgan fingerprint density at radius 2 is 1.46 bits per heavy atom. The summed E-state index contributed by atoms with van der Waals surface area (Å²) in [5, 5.41) is 5.66. The van der Waals surface area contributed by atoms with E-state index in [0.29, 0.717) is 0 Å². The Hall–Kier alpha value is -1.59. The highest BCUT2D eigenvalue weighted by atomic mass is 16.5. The first-order chi connectivity index (χ1) is 12.2. The van der Waals surface area contributed by atoms with Crippen LogP contribution in [0.15, 0.2) is 0 Å². The van der Waals surface area contributed by atoms with Crippen molar-refractivity contribution >= 4 is 17.8 Å². The van der Waals surface area contributed by atoms with Crippen LogP contribution >= 0.6 is 0 Å². The quantitative estimate of drug-likeness (QED) is 0.645. The van der Waals surface area contributed by atoms with Gasteiger partial charge in [-0.3, -0.25) is 9.59 Å². The molecule has 0 unspecified atom stereocenters. The molecule has 0 aliphatic heterocycles. The lowest BCUT2D eigenvalue weighted by molar-refractivity contribution is -0.147. The summed E-state index contributed by atoms with van der Waals surface area (Å²) in [4.78, 5) is 37.2. The van der Waals surface area contributed by atoms with Crippen LogP contribution < -0.4 is 10.6 Å². The van der Waals surface area contributed by atoms with Gasteiger partial charge in [0.1, 0.15) is 12.1 Å². The smallest absolute Gasteiger partial charge is 0.328 e. The molecule has 1 fully saturated rings. The lowest BCUT2D eigenvalue weighted by Gasteiger charge is -2.30. The van der Waals surface area contributed by atoms with Gasteiger partial charge in [-0.15, -0.1) is 0 Å². The summed E-state index contributed by atoms with van der Waals surface area (Å²) in [6, 6.07) is -1.37. The summed E-state index contributed by atoms with van der Waals surface area (Å²) in [6.07, 6.45) is 5.08. The number of amides is 2. The van der Waals surface area contributed by atoms with Gasteiger partial charge in [-0.2, -0.15) is 0 Å². The molecule has 26 heavy (non-hydrogen) atoms. The molecule has 0 bridgehead atoms. The number of rotatable bonds is 8. The Morgan fingerprint density at radius 1 is 0.923 bits per heavy atom. The lowest BCUT2D eigenvalue weighted by Crippen LogP contribution is -2.56. The first-order valence-corrected chi connectivity index (χ1v) is 9.89. The average molecular weight is 369 g/mol. The average Bonchev–Trinajstić information content (AvgIpc) is 2.62. The van der Waals surface area contributed by atoms with E-state index < -0.39 is 18.1 Å². The summed E-state index contributed by atoms with van der Waals surface area (Å²) in [5.41, 5.74) is 0. The van der Waals surface area contributed by atoms with Gasteiger partial charge in [0.15, 0.2) is 0 Å². The maximum absolute atomic E-state index is 12.7. The number of carbonyl (C=O) groups excluding carboxylic acids is 3. The van der Waals surface area contributed by atoms with E-state index >= 15 is 0 Å². The third kappa shape index (κ3) is 6.29. The van der Waals surface area contributed by atoms with Gasteiger partial charge in [0.05, 0.1) is 7.11 Å². The number of methoxy groups -OCH3 is 1. The Morgan fingerprint density at radius 3 is 1.88 bits per heavy atom. The van der Waals surface area contributed by atoms with Crippen LogP contribution in [0.2, 0.25) is 0 Å². The number of carbonyl (C=O) groups is 3. The molecule has 2 N–H and O–H groups in total. The number of hydrogen-bond acceptors (Lipinski definition) is 4. The third-order valence-electron chi connectivity index (χ3n) is 5.46. The van der Waals surface area contributed by atoms with Gasteiger partial charge in [0.25, 0.3) is 0 Å². The molecule has 2 atom stereocenters. The Bertz CT molecular complexity index is 482. The van der Waals surface area contributed by atoms with E-state index in [-0.39, 0.29) is 29.6 Å². The zero-order valence-electron chi connectivity index (χ0n) is 17.1. The second-order valence-electron chi connectivity index (χ2n) is 8.11. The molecule has 0 aromatic rings. The lowest BCUT2D eigenvalue weighted by atomic mass is 9.80. The van der Waals surface area contributed by atoms with Crippen LogP contribution in [0.25, 0.3) is 0 Å². The van der Waals surface area contributed by atoms with Crippen molar-refractivity contribution in [2.45, 2.75) is 78.8 Å². The van der Waals surface area contributed by atoms with E-state index in [0.717, 1.165) is 38.0 Å². The fourth-order valence-electron chi connectivity index (χ4n) is 3.51. The van der Waals surface area contributed by atoms with Crippen molar-refractivity contribution in [1.82, 2.24) is 10.6 Å². The molecular weight excluding hydrogens is 332 g/mol. The first kappa shape index (κ1) is 22.5. The van der Waals surface area contributed by atoms with Crippen molar-refractivity contribution < 1.29 is 19.1 Å². The molecule has 1 saturated carbocycles. The number of nitrogens with one attached hydrogen (secondary N) is 2. The Kier molecular flexibility index (Phi) is 9.09. The highest BCUT2D eigenvalue weighted by Crippen LogP contribution is 2.30. The number of hydrogen-bond donors (Lipinski definition) is 2. The summed E-state index contributed by atoms with van der Waals surface area (Å²) in [6.45, 7) is 9.66. The number of esters is 1. The van der Waals surface area contributed by atoms with Crippen molar-refractivity contribution in [2.75, 3.05) is 7.11 Å². The van der Waals surface area contributed by atoms with Crippen molar-refractivity contribution in [2.24, 2.45) is 23.7 Å². The summed E-state index contributed by atoms with van der Waals surface area (Å²) in [7, 11) is 1.30. The molecule has 0 aromatic carbocycles. The molecule has 6 heteroatoms. The number of ether oxygens (including phenoxy) is 1. The summed E-state index contributed by atoms with van der Waals surface area (Å²) < 4.78 is 4.77. The van der Waals surface area contributed by atoms with E-state index in [1.807, 2.05) is 27.7 Å². The van der Waals surface area contributed by atoms with Crippen LogP contribution in [0.1, 0.15) is 66.7 Å². The van der Waals surface area contributed by atoms with E-state index in [2.05, 4.69) is 17.6 Å². The van der Waals surface area contributed by atoms with Gasteiger partial charge in [0.2, 0.25) is 11.8 Å². The highest BCUT2D eigenvalue weighted by molar-refractivity contribution is 5.91. The fraction of sp³-hybridized carbons (Fsp3) is 0.850. The van der Waals surface area contributed by atoms with Gasteiger partial charge in [-0.05, 0) is 43.4 Å². The van der Waals surface area contributed by atoms with Crippen LogP contribution in [-0.4, -0.2) is 37.0 Å². The molecule has 0 heterocycles. The fourth-order valence-corrected chi connectivity index (χ4v) is 3.51. The second kappa shape index (κ2) is 10.5. The minimum Gasteiger partial charge on any atom is -0.467 e. The minimum absolute atomic E-state index is 0.0200. The van der Waals surface area contributed by atoms with Gasteiger partial charge in [-0.1, -0.05) is 41.0 Å². The molecule has 0 radical (unpaired) electrons. The zero-order valence-corrected chi connectivity index (χ0v) is 17.1. The van der Waals surface area contributed by atoms with E-state index in [9.17, 15) is 14.4 Å². The monoisotopic (exact) mass is 368 g/mol. The molecule has 1 aliphatic rings. The third-order valence-corrected chi connectivity index (χ3v) is 5.46. The van der Waals surface area contributed by atoms with Crippen LogP contribution in [0.4, 0.5) is 0 Å². The maximum atomic E-state index is 12.7. The standard InChI is InChI=1S/C20H36N2O4/c1-7-14-8-10-15(11-9-14)18(23)21-16(12(2)3)19(24)22-17(13(4)5)20(25)26-6/h12-17H,7-11H2,1-6H3,(H,21,23)(H,22,24)/t14?,15?,16-,17-/m1/s1. The highest BCUT2D eigenvalue weighted by Gasteiger charge is 2.33. The molecule has 2 amide bonds. The van der Waals surface area contributed by atoms with Gasteiger partial charge in [0, 0.05) is 5.92 Å². The van der Waals surface area contributed by atoms with Crippen LogP contribution in [0.5, 0.6) is 0 Å². The summed E-state index contributed by atoms with van der Waals surface area (Å²) >= 11 is 0.